The summed E-state index contributed by atoms with van der Waals surface area (Å²) in [5.74, 6) is 0.327. The van der Waals surface area contributed by atoms with Crippen LogP contribution in [0.2, 0.25) is 0 Å². The maximum atomic E-state index is 10.5. The van der Waals surface area contributed by atoms with E-state index in [1.807, 2.05) is 0 Å². The number of carboxylic acids is 1. The van der Waals surface area contributed by atoms with Gasteiger partial charge in [0.25, 0.3) is 0 Å². The summed E-state index contributed by atoms with van der Waals surface area (Å²) in [6, 6.07) is 0. The van der Waals surface area contributed by atoms with Gasteiger partial charge in [0.05, 0.1) is 0 Å². The van der Waals surface area contributed by atoms with Crippen LogP contribution < -0.4 is 5.11 Å². The molecule has 2 nitrogen and oxygen atoms in total. The largest absolute Gasteiger partial charge is 0.550 e. The molecule has 0 spiro atoms. The molecule has 16 heavy (non-hydrogen) atoms. The minimum Gasteiger partial charge on any atom is -0.550 e. The first-order chi connectivity index (χ1) is 7.43. The van der Waals surface area contributed by atoms with Gasteiger partial charge in [-0.3, -0.25) is 0 Å². The molecule has 0 radical (unpaired) electrons. The van der Waals surface area contributed by atoms with Gasteiger partial charge < -0.3 is 9.90 Å². The summed E-state index contributed by atoms with van der Waals surface area (Å²) in [4.78, 5) is 10.5. The molecule has 0 amide bonds. The Morgan fingerprint density at radius 2 is 1.44 bits per heavy atom. The average Bonchev–Trinajstić information content (AvgIpc) is 2.16. The molecule has 0 aromatic carbocycles. The van der Waals surface area contributed by atoms with Crippen LogP contribution in [0.15, 0.2) is 0 Å². The topological polar surface area (TPSA) is 40.1 Å². The van der Waals surface area contributed by atoms with E-state index >= 15 is 0 Å². The second-order valence-corrected chi connectivity index (χ2v) is 5.58. The van der Waals surface area contributed by atoms with Crippen molar-refractivity contribution in [1.82, 2.24) is 0 Å². The minimum absolute atomic E-state index is 0.289. The maximum Gasteiger partial charge on any atom is 0.0442 e. The zero-order chi connectivity index (χ0) is 12.6. The van der Waals surface area contributed by atoms with Gasteiger partial charge in [-0.1, -0.05) is 59.8 Å². The van der Waals surface area contributed by atoms with Gasteiger partial charge in [0, 0.05) is 5.97 Å². The van der Waals surface area contributed by atoms with Crippen molar-refractivity contribution in [3.05, 3.63) is 0 Å². The molecule has 0 aliphatic heterocycles. The number of carboxylic acid groups (broad SMARTS) is 1. The molecule has 2 heteroatoms. The summed E-state index contributed by atoms with van der Waals surface area (Å²) in [7, 11) is 0. The monoisotopic (exact) mass is 227 g/mol. The second kappa shape index (κ2) is 8.60. The minimum atomic E-state index is -0.910. The third kappa shape index (κ3) is 8.75. The van der Waals surface area contributed by atoms with Crippen molar-refractivity contribution in [2.45, 2.75) is 66.2 Å². The van der Waals surface area contributed by atoms with E-state index in [2.05, 4.69) is 20.8 Å². The Balaban J connectivity index is 3.43. The SMILES string of the molecule is CC(C)CCCC(C)CCCC(C)C(=O)[O-]. The van der Waals surface area contributed by atoms with E-state index in [-0.39, 0.29) is 5.92 Å². The van der Waals surface area contributed by atoms with E-state index < -0.39 is 5.97 Å². The van der Waals surface area contributed by atoms with Gasteiger partial charge >= 0.3 is 0 Å². The van der Waals surface area contributed by atoms with Gasteiger partial charge in [-0.25, -0.2) is 0 Å². The lowest BCUT2D eigenvalue weighted by Crippen LogP contribution is -2.29. The van der Waals surface area contributed by atoms with Crippen LogP contribution in [0, 0.1) is 17.8 Å². The Hall–Kier alpha value is -0.530. The first-order valence-corrected chi connectivity index (χ1v) is 6.64. The molecule has 0 saturated carbocycles. The Kier molecular flexibility index (Phi) is 8.32. The molecule has 96 valence electrons. The van der Waals surface area contributed by atoms with Crippen LogP contribution in [-0.4, -0.2) is 5.97 Å². The Morgan fingerprint density at radius 3 is 1.88 bits per heavy atom. The van der Waals surface area contributed by atoms with E-state index in [0.717, 1.165) is 31.1 Å². The average molecular weight is 227 g/mol. The zero-order valence-electron chi connectivity index (χ0n) is 11.3. The second-order valence-electron chi connectivity index (χ2n) is 5.58. The number of rotatable bonds is 9. The van der Waals surface area contributed by atoms with Crippen LogP contribution in [0.4, 0.5) is 0 Å². The zero-order valence-corrected chi connectivity index (χ0v) is 11.3. The first kappa shape index (κ1) is 15.5. The van der Waals surface area contributed by atoms with E-state index in [9.17, 15) is 9.90 Å². The summed E-state index contributed by atoms with van der Waals surface area (Å²) in [5, 5.41) is 10.5. The fourth-order valence-electron chi connectivity index (χ4n) is 1.91. The molecule has 2 unspecified atom stereocenters. The highest BCUT2D eigenvalue weighted by atomic mass is 16.4. The van der Waals surface area contributed by atoms with E-state index in [1.54, 1.807) is 6.92 Å². The normalized spacial score (nSPS) is 15.1. The van der Waals surface area contributed by atoms with Gasteiger partial charge in [0.2, 0.25) is 0 Å². The smallest absolute Gasteiger partial charge is 0.0442 e. The number of carbonyl (C=O) groups is 1. The molecule has 0 aromatic rings. The maximum absolute atomic E-state index is 10.5. The molecule has 0 N–H and O–H groups in total. The van der Waals surface area contributed by atoms with Gasteiger partial charge in [-0.2, -0.15) is 0 Å². The molecule has 0 fully saturated rings. The van der Waals surface area contributed by atoms with Gasteiger partial charge in [0.1, 0.15) is 0 Å². The molecule has 0 rings (SSSR count). The molecule has 0 bridgehead atoms. The van der Waals surface area contributed by atoms with Crippen LogP contribution in [-0.2, 0) is 4.79 Å². The third-order valence-corrected chi connectivity index (χ3v) is 3.21. The van der Waals surface area contributed by atoms with Gasteiger partial charge in [-0.15, -0.1) is 0 Å². The highest BCUT2D eigenvalue weighted by Crippen LogP contribution is 2.18. The fraction of sp³-hybridized carbons (Fsp3) is 0.929. The molecule has 0 heterocycles. The predicted octanol–water partition coefficient (Wildman–Crippen LogP) is 3.01. The van der Waals surface area contributed by atoms with Gasteiger partial charge in [-0.05, 0) is 24.2 Å². The lowest BCUT2D eigenvalue weighted by Gasteiger charge is -2.15. The van der Waals surface area contributed by atoms with E-state index in [0.29, 0.717) is 0 Å². The highest BCUT2D eigenvalue weighted by Gasteiger charge is 2.06. The number of carbonyl (C=O) groups excluding carboxylic acids is 1. The lowest BCUT2D eigenvalue weighted by atomic mass is 9.93. The predicted molar refractivity (Wildman–Crippen MR) is 65.9 cm³/mol. The number of aliphatic carboxylic acids is 1. The van der Waals surface area contributed by atoms with Crippen molar-refractivity contribution in [1.29, 1.82) is 0 Å². The first-order valence-electron chi connectivity index (χ1n) is 6.64. The van der Waals surface area contributed by atoms with Crippen LogP contribution >= 0.6 is 0 Å². The van der Waals surface area contributed by atoms with E-state index in [4.69, 9.17) is 0 Å². The van der Waals surface area contributed by atoms with Crippen molar-refractivity contribution in [2.75, 3.05) is 0 Å². The Labute approximate surface area is 100 Å². The number of hydrogen-bond acceptors (Lipinski definition) is 2. The van der Waals surface area contributed by atoms with Crippen molar-refractivity contribution >= 4 is 5.97 Å². The standard InChI is InChI=1S/C14H28O2/c1-11(2)7-5-8-12(3)9-6-10-13(4)14(15)16/h11-13H,5-10H2,1-4H3,(H,15,16)/p-1. The molecule has 0 saturated heterocycles. The number of hydrogen-bond donors (Lipinski definition) is 0. The summed E-state index contributed by atoms with van der Waals surface area (Å²) >= 11 is 0. The molecular formula is C14H27O2-. The molecule has 0 aliphatic rings. The van der Waals surface area contributed by atoms with Crippen molar-refractivity contribution < 1.29 is 9.90 Å². The quantitative estimate of drug-likeness (QED) is 0.607. The van der Waals surface area contributed by atoms with E-state index in [1.165, 1.54) is 19.3 Å². The van der Waals surface area contributed by atoms with Crippen LogP contribution in [0.25, 0.3) is 0 Å². The molecule has 2 atom stereocenters. The highest BCUT2D eigenvalue weighted by molar-refractivity contribution is 5.66. The third-order valence-electron chi connectivity index (χ3n) is 3.21. The van der Waals surface area contributed by atoms with Crippen LogP contribution in [0.3, 0.4) is 0 Å². The van der Waals surface area contributed by atoms with Crippen molar-refractivity contribution in [2.24, 2.45) is 17.8 Å². The molecular weight excluding hydrogens is 200 g/mol. The van der Waals surface area contributed by atoms with Crippen molar-refractivity contribution in [3.8, 4) is 0 Å². The van der Waals surface area contributed by atoms with Crippen LogP contribution in [0.5, 0.6) is 0 Å². The lowest BCUT2D eigenvalue weighted by molar-refractivity contribution is -0.311. The summed E-state index contributed by atoms with van der Waals surface area (Å²) in [6.45, 7) is 8.52. The summed E-state index contributed by atoms with van der Waals surface area (Å²) < 4.78 is 0. The molecule has 0 aromatic heterocycles. The summed E-state index contributed by atoms with van der Waals surface area (Å²) in [6.07, 6.45) is 6.80. The van der Waals surface area contributed by atoms with Gasteiger partial charge in [0.15, 0.2) is 0 Å². The van der Waals surface area contributed by atoms with Crippen LogP contribution in [0.1, 0.15) is 66.2 Å². The fourth-order valence-corrected chi connectivity index (χ4v) is 1.91. The Morgan fingerprint density at radius 1 is 0.938 bits per heavy atom. The molecule has 0 aliphatic carbocycles. The Bertz CT molecular complexity index is 187. The van der Waals surface area contributed by atoms with Crippen molar-refractivity contribution in [3.63, 3.8) is 0 Å². The summed E-state index contributed by atoms with van der Waals surface area (Å²) in [5.41, 5.74) is 0.